The Bertz CT molecular complexity index is 478. The fourth-order valence-corrected chi connectivity index (χ4v) is 3.38. The Hall–Kier alpha value is -0.650. The zero-order valence-corrected chi connectivity index (χ0v) is 20.1. The van der Waals surface area contributed by atoms with Crippen LogP contribution in [0, 0.1) is 5.92 Å². The van der Waals surface area contributed by atoms with Gasteiger partial charge in [-0.15, -0.1) is 24.0 Å². The Morgan fingerprint density at radius 1 is 1.21 bits per heavy atom. The van der Waals surface area contributed by atoms with Gasteiger partial charge in [0, 0.05) is 52.9 Å². The van der Waals surface area contributed by atoms with E-state index in [4.69, 9.17) is 9.47 Å². The molecule has 1 amide bonds. The molecule has 2 atom stereocenters. The minimum absolute atomic E-state index is 0. The number of morpholine rings is 1. The van der Waals surface area contributed by atoms with Crippen molar-refractivity contribution >= 4 is 35.8 Å². The number of likely N-dealkylation sites (N-methyl/N-ethyl adjacent to an activating group) is 1. The van der Waals surface area contributed by atoms with Crippen LogP contribution in [0.3, 0.4) is 0 Å². The lowest BCUT2D eigenvalue weighted by molar-refractivity contribution is -0.127. The van der Waals surface area contributed by atoms with Crippen molar-refractivity contribution in [2.24, 2.45) is 10.9 Å². The molecule has 2 N–H and O–H groups in total. The number of nitrogens with one attached hydrogen (secondary N) is 2. The van der Waals surface area contributed by atoms with Crippen LogP contribution in [-0.4, -0.2) is 100 Å². The molecule has 0 aromatic rings. The minimum Gasteiger partial charge on any atom is -0.379 e. The highest BCUT2D eigenvalue weighted by molar-refractivity contribution is 14.0. The third kappa shape index (κ3) is 8.79. The normalized spacial score (nSPS) is 21.9. The lowest BCUT2D eigenvalue weighted by Crippen LogP contribution is -2.53. The Morgan fingerprint density at radius 3 is 2.50 bits per heavy atom. The molecule has 28 heavy (non-hydrogen) atoms. The van der Waals surface area contributed by atoms with Crippen LogP contribution in [0.5, 0.6) is 0 Å². The van der Waals surface area contributed by atoms with Crippen molar-refractivity contribution in [3.05, 3.63) is 0 Å². The van der Waals surface area contributed by atoms with Crippen LogP contribution >= 0.6 is 24.0 Å². The summed E-state index contributed by atoms with van der Waals surface area (Å²) in [6.07, 6.45) is 2.40. The van der Waals surface area contributed by atoms with Gasteiger partial charge in [-0.25, -0.2) is 4.99 Å². The summed E-state index contributed by atoms with van der Waals surface area (Å²) >= 11 is 0. The maximum atomic E-state index is 11.9. The molecule has 0 aromatic heterocycles. The van der Waals surface area contributed by atoms with E-state index in [9.17, 15) is 4.79 Å². The fourth-order valence-electron chi connectivity index (χ4n) is 3.38. The zero-order valence-electron chi connectivity index (χ0n) is 17.8. The van der Waals surface area contributed by atoms with Crippen LogP contribution in [-0.2, 0) is 14.3 Å². The Morgan fingerprint density at radius 2 is 1.93 bits per heavy atom. The quantitative estimate of drug-likeness (QED) is 0.285. The molecule has 2 rings (SSSR count). The van der Waals surface area contributed by atoms with Gasteiger partial charge in [-0.1, -0.05) is 13.8 Å². The molecule has 0 radical (unpaired) electrons. The van der Waals surface area contributed by atoms with Gasteiger partial charge in [0.1, 0.15) is 6.54 Å². The molecule has 2 heterocycles. The van der Waals surface area contributed by atoms with Crippen LogP contribution < -0.4 is 10.6 Å². The lowest BCUT2D eigenvalue weighted by atomic mass is 10.0. The van der Waals surface area contributed by atoms with Crippen LogP contribution in [0.2, 0.25) is 0 Å². The second-order valence-electron chi connectivity index (χ2n) is 7.81. The van der Waals surface area contributed by atoms with Crippen LogP contribution in [0.15, 0.2) is 4.99 Å². The van der Waals surface area contributed by atoms with E-state index in [1.54, 1.807) is 19.0 Å². The number of rotatable bonds is 8. The van der Waals surface area contributed by atoms with Gasteiger partial charge in [0.25, 0.3) is 0 Å². The summed E-state index contributed by atoms with van der Waals surface area (Å²) in [6, 6.07) is 0.396. The topological polar surface area (TPSA) is 78.4 Å². The standard InChI is InChI=1S/C19H37N5O3.HI/c1-15(2)17(24-7-10-26-11-8-24)13-21-19(22-14-18(25)23(3)4)20-12-16-6-5-9-27-16;/h15-17H,5-14H2,1-4H3,(H2,20,21,22);1H. The summed E-state index contributed by atoms with van der Waals surface area (Å²) in [5.41, 5.74) is 0. The van der Waals surface area contributed by atoms with E-state index in [1.165, 1.54) is 0 Å². The first-order valence-electron chi connectivity index (χ1n) is 10.1. The Kier molecular flexibility index (Phi) is 12.3. The van der Waals surface area contributed by atoms with Crippen molar-refractivity contribution in [2.45, 2.75) is 38.8 Å². The first kappa shape index (κ1) is 25.4. The Balaban J connectivity index is 0.00000392. The molecule has 2 unspecified atom stereocenters. The lowest BCUT2D eigenvalue weighted by Gasteiger charge is -2.37. The van der Waals surface area contributed by atoms with Crippen LogP contribution in [0.1, 0.15) is 26.7 Å². The maximum Gasteiger partial charge on any atom is 0.243 e. The number of carbonyl (C=O) groups excluding carboxylic acids is 1. The summed E-state index contributed by atoms with van der Waals surface area (Å²) in [5.74, 6) is 1.18. The number of guanidine groups is 1. The van der Waals surface area contributed by atoms with E-state index in [1.807, 2.05) is 0 Å². The van der Waals surface area contributed by atoms with Crippen molar-refractivity contribution < 1.29 is 14.3 Å². The molecule has 9 heteroatoms. The van der Waals surface area contributed by atoms with E-state index in [-0.39, 0.29) is 42.5 Å². The predicted molar refractivity (Wildman–Crippen MR) is 122 cm³/mol. The van der Waals surface area contributed by atoms with Gasteiger partial charge < -0.3 is 25.0 Å². The summed E-state index contributed by atoms with van der Waals surface area (Å²) in [5, 5.41) is 6.80. The Labute approximate surface area is 186 Å². The summed E-state index contributed by atoms with van der Waals surface area (Å²) < 4.78 is 11.2. The molecule has 2 aliphatic rings. The van der Waals surface area contributed by atoms with E-state index in [0.29, 0.717) is 24.5 Å². The van der Waals surface area contributed by atoms with E-state index in [0.717, 1.165) is 52.3 Å². The van der Waals surface area contributed by atoms with Gasteiger partial charge in [-0.2, -0.15) is 0 Å². The van der Waals surface area contributed by atoms with E-state index >= 15 is 0 Å². The SMILES string of the molecule is CC(C)C(CNC(=NCC(=O)N(C)C)NCC1CCCO1)N1CCOCC1.I. The van der Waals surface area contributed by atoms with Crippen molar-refractivity contribution in [3.63, 3.8) is 0 Å². The van der Waals surface area contributed by atoms with E-state index < -0.39 is 0 Å². The van der Waals surface area contributed by atoms with Gasteiger partial charge in [0.15, 0.2) is 5.96 Å². The highest BCUT2D eigenvalue weighted by atomic mass is 127. The molecular weight excluding hydrogens is 473 g/mol. The van der Waals surface area contributed by atoms with Crippen molar-refractivity contribution in [1.29, 1.82) is 0 Å². The number of hydrogen-bond donors (Lipinski definition) is 2. The van der Waals surface area contributed by atoms with Gasteiger partial charge in [-0.05, 0) is 18.8 Å². The largest absolute Gasteiger partial charge is 0.379 e. The van der Waals surface area contributed by atoms with Crippen molar-refractivity contribution in [2.75, 3.05) is 66.6 Å². The highest BCUT2D eigenvalue weighted by Gasteiger charge is 2.24. The molecule has 2 saturated heterocycles. The number of aliphatic imine (C=N–C) groups is 1. The van der Waals surface area contributed by atoms with Crippen molar-refractivity contribution in [3.8, 4) is 0 Å². The monoisotopic (exact) mass is 511 g/mol. The molecule has 0 aromatic carbocycles. The predicted octanol–water partition coefficient (Wildman–Crippen LogP) is 0.764. The number of halogens is 1. The highest BCUT2D eigenvalue weighted by Crippen LogP contribution is 2.12. The molecule has 0 aliphatic carbocycles. The number of hydrogen-bond acceptors (Lipinski definition) is 5. The summed E-state index contributed by atoms with van der Waals surface area (Å²) in [7, 11) is 3.50. The third-order valence-corrected chi connectivity index (χ3v) is 5.16. The molecule has 164 valence electrons. The second-order valence-corrected chi connectivity index (χ2v) is 7.81. The van der Waals surface area contributed by atoms with Gasteiger partial charge in [0.05, 0.1) is 19.3 Å². The number of amides is 1. The van der Waals surface area contributed by atoms with Crippen molar-refractivity contribution in [1.82, 2.24) is 20.4 Å². The molecule has 2 aliphatic heterocycles. The second kappa shape index (κ2) is 13.6. The molecule has 0 spiro atoms. The number of ether oxygens (including phenoxy) is 2. The zero-order chi connectivity index (χ0) is 19.6. The smallest absolute Gasteiger partial charge is 0.243 e. The van der Waals surface area contributed by atoms with Crippen LogP contribution in [0.4, 0.5) is 0 Å². The minimum atomic E-state index is -0.0122. The van der Waals surface area contributed by atoms with Crippen LogP contribution in [0.25, 0.3) is 0 Å². The van der Waals surface area contributed by atoms with Gasteiger partial charge >= 0.3 is 0 Å². The molecule has 2 fully saturated rings. The van der Waals surface area contributed by atoms with E-state index in [2.05, 4.69) is 34.4 Å². The first-order valence-corrected chi connectivity index (χ1v) is 10.1. The maximum absolute atomic E-state index is 11.9. The number of nitrogens with zero attached hydrogens (tertiary/aromatic N) is 3. The third-order valence-electron chi connectivity index (χ3n) is 5.16. The summed E-state index contributed by atoms with van der Waals surface area (Å²) in [4.78, 5) is 20.4. The first-order chi connectivity index (χ1) is 13.0. The molecule has 8 nitrogen and oxygen atoms in total. The van der Waals surface area contributed by atoms with Gasteiger partial charge in [-0.3, -0.25) is 9.69 Å². The molecule has 0 bridgehead atoms. The van der Waals surface area contributed by atoms with Gasteiger partial charge in [0.2, 0.25) is 5.91 Å². The average Bonchev–Trinajstić information content (AvgIpc) is 3.17. The number of carbonyl (C=O) groups is 1. The summed E-state index contributed by atoms with van der Waals surface area (Å²) in [6.45, 7) is 10.4. The molecular formula is C19H38IN5O3. The average molecular weight is 511 g/mol. The molecule has 0 saturated carbocycles. The fraction of sp³-hybridized carbons (Fsp3) is 0.895.